The number of non-ortho nitro benzene ring substituents is 1. The third-order valence-electron chi connectivity index (χ3n) is 2.39. The first-order valence-electron chi connectivity index (χ1n) is 4.88. The highest BCUT2D eigenvalue weighted by Gasteiger charge is 2.07. The smallest absolute Gasteiger partial charge is 0.270 e. The number of nitro benzene ring substituents is 1. The summed E-state index contributed by atoms with van der Waals surface area (Å²) >= 11 is 5.82. The first-order valence-corrected chi connectivity index (χ1v) is 5.25. The van der Waals surface area contributed by atoms with E-state index in [0.717, 1.165) is 11.1 Å². The molecule has 2 aromatic rings. The van der Waals surface area contributed by atoms with E-state index in [1.54, 1.807) is 30.3 Å². The van der Waals surface area contributed by atoms with Crippen molar-refractivity contribution in [2.24, 2.45) is 0 Å². The van der Waals surface area contributed by atoms with E-state index in [4.69, 9.17) is 17.3 Å². The Bertz CT molecular complexity index is 584. The number of anilines is 1. The van der Waals surface area contributed by atoms with Crippen molar-refractivity contribution in [1.82, 2.24) is 0 Å². The highest BCUT2D eigenvalue weighted by Crippen LogP contribution is 2.28. The van der Waals surface area contributed by atoms with Crippen LogP contribution < -0.4 is 5.73 Å². The van der Waals surface area contributed by atoms with Gasteiger partial charge in [0.15, 0.2) is 0 Å². The summed E-state index contributed by atoms with van der Waals surface area (Å²) in [6, 6.07) is 11.5. The fourth-order valence-corrected chi connectivity index (χ4v) is 1.64. The predicted molar refractivity (Wildman–Crippen MR) is 68.0 cm³/mol. The summed E-state index contributed by atoms with van der Waals surface area (Å²) in [5, 5.41) is 11.1. The number of nitrogens with two attached hydrogens (primary N) is 1. The van der Waals surface area contributed by atoms with E-state index in [-0.39, 0.29) is 5.69 Å². The van der Waals surface area contributed by atoms with Crippen molar-refractivity contribution in [3.05, 3.63) is 57.6 Å². The first-order chi connectivity index (χ1) is 8.08. The number of hydrogen-bond acceptors (Lipinski definition) is 3. The van der Waals surface area contributed by atoms with E-state index in [9.17, 15) is 10.1 Å². The number of halogens is 1. The second-order valence-corrected chi connectivity index (χ2v) is 3.95. The number of benzene rings is 2. The quantitative estimate of drug-likeness (QED) is 0.502. The minimum atomic E-state index is -0.428. The van der Waals surface area contributed by atoms with Crippen LogP contribution in [0.15, 0.2) is 42.5 Å². The number of nitro groups is 1. The van der Waals surface area contributed by atoms with Crippen LogP contribution in [0.2, 0.25) is 5.02 Å². The minimum absolute atomic E-state index is 0.0519. The maximum absolute atomic E-state index is 10.7. The Balaban J connectivity index is 2.49. The lowest BCUT2D eigenvalue weighted by atomic mass is 10.0. The van der Waals surface area contributed by atoms with Crippen LogP contribution in [-0.4, -0.2) is 4.92 Å². The maximum Gasteiger partial charge on any atom is 0.270 e. The number of nitrogens with zero attached hydrogens (tertiary/aromatic N) is 1. The molecule has 2 aromatic carbocycles. The Labute approximate surface area is 103 Å². The average Bonchev–Trinajstić information content (AvgIpc) is 2.33. The van der Waals surface area contributed by atoms with Crippen LogP contribution in [0.25, 0.3) is 11.1 Å². The van der Waals surface area contributed by atoms with E-state index in [0.29, 0.717) is 10.7 Å². The fourth-order valence-electron chi connectivity index (χ4n) is 1.52. The van der Waals surface area contributed by atoms with Gasteiger partial charge in [-0.05, 0) is 23.3 Å². The molecule has 0 aliphatic rings. The van der Waals surface area contributed by atoms with Crippen molar-refractivity contribution in [2.75, 3.05) is 5.73 Å². The van der Waals surface area contributed by atoms with Crippen molar-refractivity contribution in [3.63, 3.8) is 0 Å². The molecule has 0 heterocycles. The van der Waals surface area contributed by atoms with Gasteiger partial charge in [0.2, 0.25) is 0 Å². The molecule has 0 radical (unpaired) electrons. The first kappa shape index (κ1) is 11.4. The van der Waals surface area contributed by atoms with E-state index in [2.05, 4.69) is 0 Å². The summed E-state index contributed by atoms with van der Waals surface area (Å²) in [6.07, 6.45) is 0. The van der Waals surface area contributed by atoms with Gasteiger partial charge in [-0.1, -0.05) is 29.8 Å². The van der Waals surface area contributed by atoms with Gasteiger partial charge in [-0.2, -0.15) is 0 Å². The molecule has 2 N–H and O–H groups in total. The molecule has 4 nitrogen and oxygen atoms in total. The lowest BCUT2D eigenvalue weighted by molar-refractivity contribution is -0.384. The second-order valence-electron chi connectivity index (χ2n) is 3.54. The molecular formula is C12H9ClN2O2. The second kappa shape index (κ2) is 4.43. The molecule has 0 unspecified atom stereocenters. The summed E-state index contributed by atoms with van der Waals surface area (Å²) in [5.41, 5.74) is 7.74. The highest BCUT2D eigenvalue weighted by atomic mass is 35.5. The van der Waals surface area contributed by atoms with Gasteiger partial charge in [0.05, 0.1) is 15.6 Å². The van der Waals surface area contributed by atoms with Crippen LogP contribution in [0.3, 0.4) is 0 Å². The van der Waals surface area contributed by atoms with E-state index >= 15 is 0 Å². The maximum atomic E-state index is 10.7. The van der Waals surface area contributed by atoms with Crippen LogP contribution in [0, 0.1) is 10.1 Å². The zero-order valence-corrected chi connectivity index (χ0v) is 9.52. The standard InChI is InChI=1S/C12H9ClN2O2/c13-11-5-4-9(7-12(11)14)8-2-1-3-10(6-8)15(16)17/h1-7H,14H2. The number of nitrogen functional groups attached to an aromatic ring is 1. The molecule has 0 aliphatic heterocycles. The van der Waals surface area contributed by atoms with Gasteiger partial charge in [-0.15, -0.1) is 0 Å². The van der Waals surface area contributed by atoms with E-state index in [1.807, 2.05) is 0 Å². The Morgan fingerprint density at radius 2 is 1.82 bits per heavy atom. The largest absolute Gasteiger partial charge is 0.398 e. The topological polar surface area (TPSA) is 69.2 Å². The van der Waals surface area contributed by atoms with Crippen molar-refractivity contribution >= 4 is 23.0 Å². The minimum Gasteiger partial charge on any atom is -0.398 e. The lowest BCUT2D eigenvalue weighted by Crippen LogP contribution is -1.90. The molecule has 17 heavy (non-hydrogen) atoms. The molecule has 0 amide bonds. The molecule has 0 bridgehead atoms. The Hall–Kier alpha value is -2.07. The lowest BCUT2D eigenvalue weighted by Gasteiger charge is -2.04. The van der Waals surface area contributed by atoms with Gasteiger partial charge in [-0.3, -0.25) is 10.1 Å². The van der Waals surface area contributed by atoms with Gasteiger partial charge in [0, 0.05) is 12.1 Å². The van der Waals surface area contributed by atoms with E-state index < -0.39 is 4.92 Å². The molecule has 5 heteroatoms. The third kappa shape index (κ3) is 2.37. The summed E-state index contributed by atoms with van der Waals surface area (Å²) in [6.45, 7) is 0. The zero-order valence-electron chi connectivity index (χ0n) is 8.76. The summed E-state index contributed by atoms with van der Waals surface area (Å²) in [5.74, 6) is 0. The predicted octanol–water partition coefficient (Wildman–Crippen LogP) is 3.50. The van der Waals surface area contributed by atoms with Crippen molar-refractivity contribution in [1.29, 1.82) is 0 Å². The van der Waals surface area contributed by atoms with Crippen LogP contribution in [0.5, 0.6) is 0 Å². The summed E-state index contributed by atoms with van der Waals surface area (Å²) < 4.78 is 0. The molecule has 0 fully saturated rings. The number of rotatable bonds is 2. The average molecular weight is 249 g/mol. The van der Waals surface area contributed by atoms with Crippen LogP contribution in [-0.2, 0) is 0 Å². The molecule has 0 atom stereocenters. The normalized spacial score (nSPS) is 10.2. The van der Waals surface area contributed by atoms with E-state index in [1.165, 1.54) is 12.1 Å². The van der Waals surface area contributed by atoms with Crippen LogP contribution in [0.1, 0.15) is 0 Å². The summed E-state index contributed by atoms with van der Waals surface area (Å²) in [7, 11) is 0. The van der Waals surface area contributed by atoms with Crippen LogP contribution >= 0.6 is 11.6 Å². The molecule has 0 aromatic heterocycles. The van der Waals surface area contributed by atoms with Crippen molar-refractivity contribution in [3.8, 4) is 11.1 Å². The molecule has 86 valence electrons. The monoisotopic (exact) mass is 248 g/mol. The SMILES string of the molecule is Nc1cc(-c2cccc([N+](=O)[O-])c2)ccc1Cl. The molecule has 0 aliphatic carbocycles. The van der Waals surface area contributed by atoms with Gasteiger partial charge < -0.3 is 5.73 Å². The van der Waals surface area contributed by atoms with Crippen LogP contribution in [0.4, 0.5) is 11.4 Å². The molecule has 2 rings (SSSR count). The summed E-state index contributed by atoms with van der Waals surface area (Å²) in [4.78, 5) is 10.2. The van der Waals surface area contributed by atoms with Crippen molar-refractivity contribution in [2.45, 2.75) is 0 Å². The molecule has 0 saturated heterocycles. The molecule has 0 saturated carbocycles. The van der Waals surface area contributed by atoms with Crippen molar-refractivity contribution < 1.29 is 4.92 Å². The Morgan fingerprint density at radius 1 is 1.12 bits per heavy atom. The molecular weight excluding hydrogens is 240 g/mol. The Morgan fingerprint density at radius 3 is 2.47 bits per heavy atom. The fraction of sp³-hybridized carbons (Fsp3) is 0. The van der Waals surface area contributed by atoms with Gasteiger partial charge in [0.1, 0.15) is 0 Å². The Kier molecular flexibility index (Phi) is 2.97. The van der Waals surface area contributed by atoms with Gasteiger partial charge in [0.25, 0.3) is 5.69 Å². The van der Waals surface area contributed by atoms with Gasteiger partial charge >= 0.3 is 0 Å². The highest BCUT2D eigenvalue weighted by molar-refractivity contribution is 6.33. The molecule has 0 spiro atoms. The number of hydrogen-bond donors (Lipinski definition) is 1. The van der Waals surface area contributed by atoms with Gasteiger partial charge in [-0.25, -0.2) is 0 Å². The third-order valence-corrected chi connectivity index (χ3v) is 2.73. The zero-order chi connectivity index (χ0) is 12.4.